The van der Waals surface area contributed by atoms with Crippen molar-refractivity contribution in [3.8, 4) is 0 Å². The van der Waals surface area contributed by atoms with Crippen LogP contribution in [0.4, 0.5) is 4.79 Å². The van der Waals surface area contributed by atoms with E-state index in [-0.39, 0.29) is 31.4 Å². The molecule has 2 saturated heterocycles. The van der Waals surface area contributed by atoms with Crippen LogP contribution in [0.25, 0.3) is 0 Å². The van der Waals surface area contributed by atoms with E-state index in [1.807, 2.05) is 55.4 Å². The van der Waals surface area contributed by atoms with E-state index >= 15 is 0 Å². The van der Waals surface area contributed by atoms with E-state index in [1.165, 1.54) is 6.92 Å². The van der Waals surface area contributed by atoms with Crippen LogP contribution < -0.4 is 10.6 Å². The molecule has 2 unspecified atom stereocenters. The van der Waals surface area contributed by atoms with Crippen molar-refractivity contribution < 1.29 is 28.4 Å². The summed E-state index contributed by atoms with van der Waals surface area (Å²) in [5, 5.41) is 5.94. The maximum atomic E-state index is 13.6. The summed E-state index contributed by atoms with van der Waals surface area (Å²) >= 11 is 0. The molecule has 2 fully saturated rings. The molecule has 0 radical (unpaired) electrons. The number of hydrogen-bond donors (Lipinski definition) is 2. The summed E-state index contributed by atoms with van der Waals surface area (Å²) in [6.45, 7) is 17.9. The molecule has 0 aromatic carbocycles. The predicted octanol–water partition coefficient (Wildman–Crippen LogP) is 3.52. The number of carbonyl (C=O) groups excluding carboxylic acids is 3. The molecule has 2 aliphatic rings. The number of likely N-dealkylation sites (tertiary alicyclic amines) is 1. The van der Waals surface area contributed by atoms with E-state index in [1.54, 1.807) is 4.90 Å². The predicted molar refractivity (Wildman–Crippen MR) is 136 cm³/mol. The number of rotatable bonds is 9. The zero-order valence-electron chi connectivity index (χ0n) is 23.2. The number of nitrogens with zero attached hydrogens (tertiary/aromatic N) is 1. The highest BCUT2D eigenvalue weighted by atomic mass is 16.7. The first-order chi connectivity index (χ1) is 16.0. The maximum absolute atomic E-state index is 13.6. The van der Waals surface area contributed by atoms with Gasteiger partial charge in [-0.3, -0.25) is 9.59 Å². The van der Waals surface area contributed by atoms with Crippen molar-refractivity contribution in [1.29, 1.82) is 0 Å². The molecule has 3 amide bonds. The summed E-state index contributed by atoms with van der Waals surface area (Å²) < 4.78 is 17.7. The minimum Gasteiger partial charge on any atom is -0.449 e. The Bertz CT molecular complexity index is 766. The van der Waals surface area contributed by atoms with Gasteiger partial charge in [-0.05, 0) is 67.6 Å². The molecule has 2 atom stereocenters. The van der Waals surface area contributed by atoms with E-state index in [0.717, 1.165) is 12.8 Å². The van der Waals surface area contributed by atoms with Gasteiger partial charge in [-0.25, -0.2) is 4.79 Å². The number of ether oxygens (including phenoxy) is 1. The van der Waals surface area contributed by atoms with Gasteiger partial charge in [0, 0.05) is 24.9 Å². The molecule has 0 spiro atoms. The molecule has 2 N–H and O–H groups in total. The van der Waals surface area contributed by atoms with E-state index in [9.17, 15) is 14.4 Å². The zero-order chi connectivity index (χ0) is 26.7. The van der Waals surface area contributed by atoms with Gasteiger partial charge < -0.3 is 29.6 Å². The number of amides is 3. The van der Waals surface area contributed by atoms with Crippen molar-refractivity contribution in [3.63, 3.8) is 0 Å². The first kappa shape index (κ1) is 29.4. The molecule has 2 aliphatic heterocycles. The largest absolute Gasteiger partial charge is 0.457 e. The van der Waals surface area contributed by atoms with Gasteiger partial charge in [0.25, 0.3) is 0 Å². The molecule has 200 valence electrons. The molecule has 0 aromatic rings. The molecule has 0 aliphatic carbocycles. The molecule has 9 nitrogen and oxygen atoms in total. The number of carbonyl (C=O) groups is 3. The Labute approximate surface area is 211 Å². The van der Waals surface area contributed by atoms with Gasteiger partial charge in [0.2, 0.25) is 11.8 Å². The van der Waals surface area contributed by atoms with Crippen LogP contribution in [-0.4, -0.2) is 71.9 Å². The third-order valence-corrected chi connectivity index (χ3v) is 7.15. The molecule has 2 heterocycles. The van der Waals surface area contributed by atoms with Gasteiger partial charge >= 0.3 is 13.2 Å². The van der Waals surface area contributed by atoms with Crippen molar-refractivity contribution in [3.05, 3.63) is 0 Å². The van der Waals surface area contributed by atoms with Crippen molar-refractivity contribution in [2.45, 2.75) is 117 Å². The van der Waals surface area contributed by atoms with E-state index < -0.39 is 28.4 Å². The normalized spacial score (nSPS) is 25.5. The maximum Gasteiger partial charge on any atom is 0.457 e. The topological polar surface area (TPSA) is 106 Å². The van der Waals surface area contributed by atoms with Crippen molar-refractivity contribution in [2.24, 2.45) is 5.92 Å². The molecule has 0 bridgehead atoms. The molecule has 0 aromatic heterocycles. The Hall–Kier alpha value is -1.81. The second-order valence-electron chi connectivity index (χ2n) is 12.0. The van der Waals surface area contributed by atoms with E-state index in [0.29, 0.717) is 32.3 Å². The standard InChI is InChI=1S/C25H46BN3O6/c1-10-11-15-33-21(32)29-16-19(13-12-14-26-34-23(6,7)24(8,9)35-26)25(17-29,27-18(2)30)20(31)28-22(3,4)5/h19H,10-17H2,1-9H3,(H,27,30)(H,28,31). The lowest BCUT2D eigenvalue weighted by molar-refractivity contribution is -0.135. The van der Waals surface area contributed by atoms with Crippen LogP contribution >= 0.6 is 0 Å². The highest BCUT2D eigenvalue weighted by molar-refractivity contribution is 6.45. The Morgan fingerprint density at radius 2 is 1.69 bits per heavy atom. The van der Waals surface area contributed by atoms with E-state index in [4.69, 9.17) is 14.0 Å². The fourth-order valence-corrected chi connectivity index (χ4v) is 4.62. The third kappa shape index (κ3) is 7.35. The van der Waals surface area contributed by atoms with Crippen LogP contribution in [0.5, 0.6) is 0 Å². The van der Waals surface area contributed by atoms with Crippen LogP contribution in [-0.2, 0) is 23.6 Å². The minimum atomic E-state index is -1.24. The lowest BCUT2D eigenvalue weighted by Crippen LogP contribution is -2.65. The number of unbranched alkanes of at least 4 members (excludes halogenated alkanes) is 1. The Morgan fingerprint density at radius 1 is 1.09 bits per heavy atom. The Morgan fingerprint density at radius 3 is 2.20 bits per heavy atom. The molecule has 2 rings (SSSR count). The van der Waals surface area contributed by atoms with Gasteiger partial charge in [0.05, 0.1) is 24.4 Å². The smallest absolute Gasteiger partial charge is 0.449 e. The van der Waals surface area contributed by atoms with Crippen LogP contribution in [0.15, 0.2) is 0 Å². The highest BCUT2D eigenvalue weighted by Crippen LogP contribution is 2.39. The average molecular weight is 495 g/mol. The van der Waals surface area contributed by atoms with Crippen LogP contribution in [0, 0.1) is 5.92 Å². The van der Waals surface area contributed by atoms with Crippen LogP contribution in [0.1, 0.15) is 88.0 Å². The number of hydrogen-bond acceptors (Lipinski definition) is 6. The van der Waals surface area contributed by atoms with Gasteiger partial charge in [0.1, 0.15) is 5.54 Å². The van der Waals surface area contributed by atoms with Gasteiger partial charge in [-0.15, -0.1) is 0 Å². The van der Waals surface area contributed by atoms with Crippen molar-refractivity contribution in [2.75, 3.05) is 19.7 Å². The van der Waals surface area contributed by atoms with Crippen molar-refractivity contribution >= 4 is 25.0 Å². The van der Waals surface area contributed by atoms with Gasteiger partial charge in [-0.1, -0.05) is 19.8 Å². The highest BCUT2D eigenvalue weighted by Gasteiger charge is 2.55. The quantitative estimate of drug-likeness (QED) is 0.375. The second kappa shape index (κ2) is 11.1. The molecular formula is C25H46BN3O6. The van der Waals surface area contributed by atoms with Gasteiger partial charge in [0.15, 0.2) is 0 Å². The molecule has 10 heteroatoms. The molecular weight excluding hydrogens is 449 g/mol. The monoisotopic (exact) mass is 495 g/mol. The van der Waals surface area contributed by atoms with Crippen LogP contribution in [0.2, 0.25) is 6.32 Å². The summed E-state index contributed by atoms with van der Waals surface area (Å²) in [4.78, 5) is 40.2. The fourth-order valence-electron chi connectivity index (χ4n) is 4.62. The summed E-state index contributed by atoms with van der Waals surface area (Å²) in [6.07, 6.45) is 3.22. The lowest BCUT2D eigenvalue weighted by atomic mass is 9.77. The average Bonchev–Trinajstić information content (AvgIpc) is 3.14. The summed E-state index contributed by atoms with van der Waals surface area (Å²) in [7, 11) is -0.338. The van der Waals surface area contributed by atoms with Crippen LogP contribution in [0.3, 0.4) is 0 Å². The van der Waals surface area contributed by atoms with E-state index in [2.05, 4.69) is 10.6 Å². The summed E-state index contributed by atoms with van der Waals surface area (Å²) in [6, 6.07) is 0. The minimum absolute atomic E-state index is 0.0700. The Balaban J connectivity index is 2.20. The fraction of sp³-hybridized carbons (Fsp3) is 0.880. The second-order valence-corrected chi connectivity index (χ2v) is 12.0. The molecule has 0 saturated carbocycles. The first-order valence-electron chi connectivity index (χ1n) is 12.9. The summed E-state index contributed by atoms with van der Waals surface area (Å²) in [5.41, 5.74) is -2.54. The van der Waals surface area contributed by atoms with Gasteiger partial charge in [-0.2, -0.15) is 0 Å². The van der Waals surface area contributed by atoms with Crippen molar-refractivity contribution in [1.82, 2.24) is 15.5 Å². The SMILES string of the molecule is CCCCOC(=O)N1CC(CCCB2OC(C)(C)C(C)(C)O2)C(NC(C)=O)(C(=O)NC(C)(C)C)C1. The first-order valence-corrected chi connectivity index (χ1v) is 12.9. The third-order valence-electron chi connectivity index (χ3n) is 7.15. The Kier molecular flexibility index (Phi) is 9.31. The number of nitrogens with one attached hydrogen (secondary N) is 2. The summed E-state index contributed by atoms with van der Waals surface area (Å²) in [5.74, 6) is -0.884. The molecule has 35 heavy (non-hydrogen) atoms. The lowest BCUT2D eigenvalue weighted by Gasteiger charge is -2.36. The zero-order valence-corrected chi connectivity index (χ0v) is 23.2.